The molecule has 1 aliphatic heterocycles. The molecule has 0 aromatic carbocycles. The number of hydrogen-bond donors (Lipinski definition) is 0. The molecular weight excluding hydrogens is 408 g/mol. The molecule has 164 valence electrons. The largest absolute Gasteiger partial charge is 0.492 e. The van der Waals surface area contributed by atoms with Crippen LogP contribution in [0.2, 0.25) is 0 Å². The van der Waals surface area contributed by atoms with E-state index in [0.29, 0.717) is 12.0 Å². The van der Waals surface area contributed by atoms with Crippen molar-refractivity contribution in [3.05, 3.63) is 46.0 Å². The molecule has 7 heteroatoms. The molecule has 0 unspecified atom stereocenters. The maximum atomic E-state index is 12.9. The minimum absolute atomic E-state index is 0.0572. The van der Waals surface area contributed by atoms with Gasteiger partial charge in [-0.05, 0) is 44.9 Å². The molecule has 31 heavy (non-hydrogen) atoms. The van der Waals surface area contributed by atoms with E-state index in [0.717, 1.165) is 59.7 Å². The van der Waals surface area contributed by atoms with Crippen LogP contribution >= 0.6 is 11.3 Å². The molecular formula is C24H30N4O2S. The predicted octanol–water partition coefficient (Wildman–Crippen LogP) is 3.59. The zero-order valence-electron chi connectivity index (χ0n) is 18.5. The van der Waals surface area contributed by atoms with Crippen molar-refractivity contribution in [1.29, 1.82) is 0 Å². The fraction of sp³-hybridized carbons (Fsp3) is 0.500. The van der Waals surface area contributed by atoms with Gasteiger partial charge in [0.1, 0.15) is 5.75 Å². The van der Waals surface area contributed by atoms with Gasteiger partial charge < -0.3 is 14.2 Å². The Morgan fingerprint density at radius 3 is 2.81 bits per heavy atom. The first-order chi connectivity index (χ1) is 15.0. The minimum atomic E-state index is 0.0572. The number of rotatable bonds is 6. The molecule has 0 amide bonds. The Labute approximate surface area is 187 Å². The summed E-state index contributed by atoms with van der Waals surface area (Å²) in [7, 11) is 4.01. The first-order valence-corrected chi connectivity index (χ1v) is 11.9. The van der Waals surface area contributed by atoms with Crippen LogP contribution in [0.3, 0.4) is 0 Å². The van der Waals surface area contributed by atoms with Crippen molar-refractivity contribution in [3.63, 3.8) is 0 Å². The van der Waals surface area contributed by atoms with Gasteiger partial charge in [-0.1, -0.05) is 0 Å². The van der Waals surface area contributed by atoms with Crippen LogP contribution < -0.4 is 10.3 Å². The third-order valence-electron chi connectivity index (χ3n) is 6.44. The van der Waals surface area contributed by atoms with Gasteiger partial charge in [0.05, 0.1) is 18.2 Å². The molecule has 0 radical (unpaired) electrons. The van der Waals surface area contributed by atoms with Crippen LogP contribution in [0.1, 0.15) is 24.6 Å². The standard InChI is InChI=1S/C24H30N4O2S/c1-16-12-26(2)6-7-28(16)13-20-9-21-23(31-20)22(14-27(3)24(21)29)18-8-19(11-25-10-18)30-15-17-4-5-17/h8-11,14,16-17H,4-7,12-13,15H2,1-3H3/t16-/m1/s1. The highest BCUT2D eigenvalue weighted by molar-refractivity contribution is 7.19. The Morgan fingerprint density at radius 2 is 2.03 bits per heavy atom. The van der Waals surface area contributed by atoms with Gasteiger partial charge in [0.15, 0.2) is 0 Å². The van der Waals surface area contributed by atoms with Crippen molar-refractivity contribution in [1.82, 2.24) is 19.4 Å². The fourth-order valence-corrected chi connectivity index (χ4v) is 5.55. The lowest BCUT2D eigenvalue weighted by atomic mass is 10.1. The molecule has 1 saturated heterocycles. The first-order valence-electron chi connectivity index (χ1n) is 11.1. The van der Waals surface area contributed by atoms with Crippen LogP contribution in [0, 0.1) is 5.92 Å². The number of piperazine rings is 1. The summed E-state index contributed by atoms with van der Waals surface area (Å²) in [5.41, 5.74) is 2.10. The third-order valence-corrected chi connectivity index (χ3v) is 7.59. The molecule has 0 N–H and O–H groups in total. The van der Waals surface area contributed by atoms with E-state index < -0.39 is 0 Å². The molecule has 1 atom stereocenters. The van der Waals surface area contributed by atoms with Crippen LogP contribution in [-0.4, -0.2) is 58.7 Å². The lowest BCUT2D eigenvalue weighted by Gasteiger charge is -2.37. The zero-order valence-corrected chi connectivity index (χ0v) is 19.3. The highest BCUT2D eigenvalue weighted by Crippen LogP contribution is 2.35. The van der Waals surface area contributed by atoms with Crippen LogP contribution in [0.15, 0.2) is 35.5 Å². The highest BCUT2D eigenvalue weighted by atomic mass is 32.1. The summed E-state index contributed by atoms with van der Waals surface area (Å²) >= 11 is 1.73. The number of aryl methyl sites for hydroxylation is 1. The average molecular weight is 439 g/mol. The van der Waals surface area contributed by atoms with E-state index in [4.69, 9.17) is 4.74 Å². The predicted molar refractivity (Wildman–Crippen MR) is 126 cm³/mol. The Hall–Kier alpha value is -2.22. The van der Waals surface area contributed by atoms with Gasteiger partial charge in [-0.3, -0.25) is 14.7 Å². The summed E-state index contributed by atoms with van der Waals surface area (Å²) in [6, 6.07) is 4.66. The van der Waals surface area contributed by atoms with E-state index in [9.17, 15) is 4.79 Å². The van der Waals surface area contributed by atoms with Crippen molar-refractivity contribution in [2.75, 3.05) is 33.3 Å². The van der Waals surface area contributed by atoms with Gasteiger partial charge in [-0.15, -0.1) is 11.3 Å². The first kappa shape index (κ1) is 20.7. The van der Waals surface area contributed by atoms with Crippen molar-refractivity contribution < 1.29 is 4.74 Å². The summed E-state index contributed by atoms with van der Waals surface area (Å²) in [6.07, 6.45) is 8.10. The maximum Gasteiger partial charge on any atom is 0.259 e. The maximum absolute atomic E-state index is 12.9. The van der Waals surface area contributed by atoms with Crippen molar-refractivity contribution in [2.24, 2.45) is 13.0 Å². The smallest absolute Gasteiger partial charge is 0.259 e. The number of nitrogens with zero attached hydrogens (tertiary/aromatic N) is 4. The normalized spacial score (nSPS) is 20.4. The number of aromatic nitrogens is 2. The number of thiophene rings is 1. The molecule has 4 heterocycles. The molecule has 6 nitrogen and oxygen atoms in total. The van der Waals surface area contributed by atoms with Gasteiger partial charge >= 0.3 is 0 Å². The van der Waals surface area contributed by atoms with Gasteiger partial charge in [-0.2, -0.15) is 0 Å². The SMILES string of the molecule is C[C@@H]1CN(C)CCN1Cc1cc2c(=O)n(C)cc(-c3cncc(OCC4CC4)c3)c2s1. The molecule has 2 fully saturated rings. The van der Waals surface area contributed by atoms with E-state index in [-0.39, 0.29) is 5.56 Å². The Kier molecular flexibility index (Phi) is 5.58. The lowest BCUT2D eigenvalue weighted by molar-refractivity contribution is 0.0948. The van der Waals surface area contributed by atoms with Gasteiger partial charge in [0.2, 0.25) is 0 Å². The quantitative estimate of drug-likeness (QED) is 0.589. The fourth-order valence-electron chi connectivity index (χ4n) is 4.34. The second-order valence-corrected chi connectivity index (χ2v) is 10.3. The number of ether oxygens (including phenoxy) is 1. The van der Waals surface area contributed by atoms with E-state index >= 15 is 0 Å². The number of hydrogen-bond acceptors (Lipinski definition) is 6. The van der Waals surface area contributed by atoms with Crippen molar-refractivity contribution in [3.8, 4) is 16.9 Å². The van der Waals surface area contributed by atoms with E-state index in [1.807, 2.05) is 19.4 Å². The van der Waals surface area contributed by atoms with Crippen LogP contribution in [0.5, 0.6) is 5.75 Å². The minimum Gasteiger partial charge on any atom is -0.492 e. The molecule has 0 spiro atoms. The Bertz CT molecular complexity index is 1150. The third kappa shape index (κ3) is 4.40. The molecule has 3 aromatic heterocycles. The molecule has 3 aromatic rings. The number of pyridine rings is 2. The van der Waals surface area contributed by atoms with Crippen LogP contribution in [0.4, 0.5) is 0 Å². The molecule has 1 saturated carbocycles. The Morgan fingerprint density at radius 1 is 1.19 bits per heavy atom. The van der Waals surface area contributed by atoms with Crippen molar-refractivity contribution >= 4 is 21.4 Å². The Balaban J connectivity index is 1.48. The summed E-state index contributed by atoms with van der Waals surface area (Å²) in [5, 5.41) is 0.797. The monoisotopic (exact) mass is 438 g/mol. The van der Waals surface area contributed by atoms with Gasteiger partial charge in [-0.25, -0.2) is 0 Å². The second kappa shape index (κ2) is 8.37. The number of fused-ring (bicyclic) bond motifs is 1. The molecule has 2 aliphatic rings. The summed E-state index contributed by atoms with van der Waals surface area (Å²) in [6.45, 7) is 7.16. The summed E-state index contributed by atoms with van der Waals surface area (Å²) in [4.78, 5) is 23.4. The van der Waals surface area contributed by atoms with E-state index in [1.165, 1.54) is 17.7 Å². The number of likely N-dealkylation sites (N-methyl/N-ethyl adjacent to an activating group) is 1. The molecule has 0 bridgehead atoms. The van der Waals surface area contributed by atoms with E-state index in [1.54, 1.807) is 22.1 Å². The highest BCUT2D eigenvalue weighted by Gasteiger charge is 2.24. The summed E-state index contributed by atoms with van der Waals surface area (Å²) in [5.74, 6) is 1.50. The van der Waals surface area contributed by atoms with E-state index in [2.05, 4.69) is 40.9 Å². The zero-order chi connectivity index (χ0) is 21.5. The summed E-state index contributed by atoms with van der Waals surface area (Å²) < 4.78 is 8.67. The van der Waals surface area contributed by atoms with Gasteiger partial charge in [0, 0.05) is 72.4 Å². The lowest BCUT2D eigenvalue weighted by Crippen LogP contribution is -2.49. The second-order valence-electron chi connectivity index (χ2n) is 9.16. The molecule has 1 aliphatic carbocycles. The van der Waals surface area contributed by atoms with Crippen molar-refractivity contribution in [2.45, 2.75) is 32.4 Å². The average Bonchev–Trinajstić information content (AvgIpc) is 3.49. The van der Waals surface area contributed by atoms with Gasteiger partial charge in [0.25, 0.3) is 5.56 Å². The van der Waals surface area contributed by atoms with Crippen LogP contribution in [0.25, 0.3) is 21.2 Å². The topological polar surface area (TPSA) is 50.6 Å². The molecule has 5 rings (SSSR count). The van der Waals surface area contributed by atoms with Crippen LogP contribution in [-0.2, 0) is 13.6 Å².